The van der Waals surface area contributed by atoms with Gasteiger partial charge in [-0.15, -0.1) is 0 Å². The minimum absolute atomic E-state index is 0.0900. The molecule has 1 aromatic heterocycles. The average Bonchev–Trinajstić information content (AvgIpc) is 2.28. The van der Waals surface area contributed by atoms with E-state index in [9.17, 15) is 4.79 Å². The van der Waals surface area contributed by atoms with Crippen molar-refractivity contribution in [3.63, 3.8) is 0 Å². The van der Waals surface area contributed by atoms with E-state index < -0.39 is 0 Å². The molecule has 0 fully saturated rings. The van der Waals surface area contributed by atoms with E-state index in [1.54, 1.807) is 11.7 Å². The number of fused-ring (bicyclic) bond motifs is 1. The van der Waals surface area contributed by atoms with Crippen LogP contribution in [0.25, 0.3) is 0 Å². The number of H-pyrrole nitrogens is 1. The van der Waals surface area contributed by atoms with E-state index in [0.717, 1.165) is 24.2 Å². The molecule has 1 aliphatic heterocycles. The zero-order valence-corrected chi connectivity index (χ0v) is 8.27. The highest BCUT2D eigenvalue weighted by Crippen LogP contribution is 2.23. The van der Waals surface area contributed by atoms with Gasteiger partial charge in [-0.05, 0) is 13.8 Å². The Morgan fingerprint density at radius 1 is 1.46 bits per heavy atom. The van der Waals surface area contributed by atoms with Crippen LogP contribution in [0.5, 0.6) is 0 Å². The SMILES string of the molecule is Cn1[nH]c2c(c1=O)C(C)(C)NCC2. The summed E-state index contributed by atoms with van der Waals surface area (Å²) in [5.74, 6) is 0. The van der Waals surface area contributed by atoms with E-state index in [1.165, 1.54) is 0 Å². The van der Waals surface area contributed by atoms with Gasteiger partial charge in [-0.3, -0.25) is 14.6 Å². The first-order valence-electron chi connectivity index (χ1n) is 4.56. The van der Waals surface area contributed by atoms with Crippen molar-refractivity contribution in [1.29, 1.82) is 0 Å². The molecule has 0 saturated heterocycles. The normalized spacial score (nSPS) is 19.9. The lowest BCUT2D eigenvalue weighted by Crippen LogP contribution is -2.45. The maximum Gasteiger partial charge on any atom is 0.271 e. The van der Waals surface area contributed by atoms with Gasteiger partial charge < -0.3 is 5.32 Å². The van der Waals surface area contributed by atoms with Crippen molar-refractivity contribution in [3.05, 3.63) is 21.6 Å². The predicted octanol–water partition coefficient (Wildman–Crippen LogP) is 0.0942. The molecule has 2 rings (SSSR count). The van der Waals surface area contributed by atoms with Crippen molar-refractivity contribution in [2.24, 2.45) is 7.05 Å². The number of hydrogen-bond donors (Lipinski definition) is 2. The fourth-order valence-electron chi connectivity index (χ4n) is 2.02. The summed E-state index contributed by atoms with van der Waals surface area (Å²) in [4.78, 5) is 11.7. The number of aryl methyl sites for hydroxylation is 1. The highest BCUT2D eigenvalue weighted by atomic mass is 16.1. The lowest BCUT2D eigenvalue weighted by atomic mass is 9.90. The van der Waals surface area contributed by atoms with Crippen molar-refractivity contribution in [3.8, 4) is 0 Å². The summed E-state index contributed by atoms with van der Waals surface area (Å²) in [7, 11) is 1.76. The summed E-state index contributed by atoms with van der Waals surface area (Å²) in [6, 6.07) is 0. The highest BCUT2D eigenvalue weighted by molar-refractivity contribution is 5.28. The predicted molar refractivity (Wildman–Crippen MR) is 50.8 cm³/mol. The van der Waals surface area contributed by atoms with E-state index >= 15 is 0 Å². The topological polar surface area (TPSA) is 49.8 Å². The van der Waals surface area contributed by atoms with Gasteiger partial charge in [0, 0.05) is 31.2 Å². The third-order valence-electron chi connectivity index (χ3n) is 2.69. The number of aromatic nitrogens is 2. The molecule has 0 atom stereocenters. The van der Waals surface area contributed by atoms with Crippen LogP contribution in [0.4, 0.5) is 0 Å². The van der Waals surface area contributed by atoms with E-state index in [0.29, 0.717) is 0 Å². The van der Waals surface area contributed by atoms with Crippen LogP contribution >= 0.6 is 0 Å². The second-order valence-corrected chi connectivity index (χ2v) is 4.13. The molecule has 0 amide bonds. The molecule has 4 nitrogen and oxygen atoms in total. The van der Waals surface area contributed by atoms with Gasteiger partial charge in [0.2, 0.25) is 0 Å². The van der Waals surface area contributed by atoms with Crippen LogP contribution < -0.4 is 10.9 Å². The molecule has 2 heterocycles. The van der Waals surface area contributed by atoms with Crippen LogP contribution in [0.2, 0.25) is 0 Å². The zero-order valence-electron chi connectivity index (χ0n) is 8.27. The van der Waals surface area contributed by atoms with Gasteiger partial charge in [-0.2, -0.15) is 0 Å². The zero-order chi connectivity index (χ0) is 9.64. The number of rotatable bonds is 0. The molecule has 0 spiro atoms. The Morgan fingerprint density at radius 2 is 2.15 bits per heavy atom. The molecule has 72 valence electrons. The smallest absolute Gasteiger partial charge is 0.271 e. The van der Waals surface area contributed by atoms with Gasteiger partial charge in [0.05, 0.1) is 5.56 Å². The van der Waals surface area contributed by atoms with Crippen LogP contribution in [0.15, 0.2) is 4.79 Å². The van der Waals surface area contributed by atoms with E-state index in [1.807, 2.05) is 13.8 Å². The lowest BCUT2D eigenvalue weighted by molar-refractivity contribution is 0.379. The van der Waals surface area contributed by atoms with Crippen molar-refractivity contribution < 1.29 is 0 Å². The molecule has 0 saturated carbocycles. The monoisotopic (exact) mass is 181 g/mol. The minimum Gasteiger partial charge on any atom is -0.307 e. The molecule has 0 bridgehead atoms. The highest BCUT2D eigenvalue weighted by Gasteiger charge is 2.31. The van der Waals surface area contributed by atoms with Crippen LogP contribution in [-0.2, 0) is 19.0 Å². The first kappa shape index (κ1) is 8.56. The van der Waals surface area contributed by atoms with Crippen molar-refractivity contribution in [2.75, 3.05) is 6.54 Å². The largest absolute Gasteiger partial charge is 0.307 e. The lowest BCUT2D eigenvalue weighted by Gasteiger charge is -2.29. The fourth-order valence-corrected chi connectivity index (χ4v) is 2.02. The number of aromatic amines is 1. The maximum atomic E-state index is 11.7. The van der Waals surface area contributed by atoms with Gasteiger partial charge in [0.15, 0.2) is 0 Å². The molecule has 0 aromatic carbocycles. The molecular weight excluding hydrogens is 166 g/mol. The summed E-state index contributed by atoms with van der Waals surface area (Å²) >= 11 is 0. The molecule has 1 aromatic rings. The Bertz CT molecular complexity index is 386. The van der Waals surface area contributed by atoms with Crippen molar-refractivity contribution in [2.45, 2.75) is 25.8 Å². The van der Waals surface area contributed by atoms with E-state index in [4.69, 9.17) is 0 Å². The molecule has 1 aliphatic rings. The molecule has 0 unspecified atom stereocenters. The first-order chi connectivity index (χ1) is 6.02. The number of hydrogen-bond acceptors (Lipinski definition) is 2. The third-order valence-corrected chi connectivity index (χ3v) is 2.69. The van der Waals surface area contributed by atoms with Crippen LogP contribution in [-0.4, -0.2) is 16.3 Å². The van der Waals surface area contributed by atoms with Crippen LogP contribution in [0.3, 0.4) is 0 Å². The maximum absolute atomic E-state index is 11.7. The van der Waals surface area contributed by atoms with E-state index in [2.05, 4.69) is 10.4 Å². The van der Waals surface area contributed by atoms with Gasteiger partial charge >= 0.3 is 0 Å². The third kappa shape index (κ3) is 1.13. The second kappa shape index (κ2) is 2.48. The Kier molecular flexibility index (Phi) is 1.63. The van der Waals surface area contributed by atoms with Crippen LogP contribution in [0, 0.1) is 0 Å². The Morgan fingerprint density at radius 3 is 2.77 bits per heavy atom. The quantitative estimate of drug-likeness (QED) is 0.596. The Labute approximate surface area is 76.9 Å². The number of nitrogens with one attached hydrogen (secondary N) is 2. The summed E-state index contributed by atoms with van der Waals surface area (Å²) < 4.78 is 1.55. The Balaban J connectivity index is 2.68. The molecule has 4 heteroatoms. The molecule has 13 heavy (non-hydrogen) atoms. The summed E-state index contributed by atoms with van der Waals surface area (Å²) in [6.07, 6.45) is 0.912. The Hall–Kier alpha value is -1.03. The molecule has 0 radical (unpaired) electrons. The van der Waals surface area contributed by atoms with Gasteiger partial charge in [0.25, 0.3) is 5.56 Å². The summed E-state index contributed by atoms with van der Waals surface area (Å²) in [5, 5.41) is 6.42. The van der Waals surface area contributed by atoms with Gasteiger partial charge in [-0.25, -0.2) is 0 Å². The van der Waals surface area contributed by atoms with Gasteiger partial charge in [-0.1, -0.05) is 0 Å². The minimum atomic E-state index is -0.192. The fraction of sp³-hybridized carbons (Fsp3) is 0.667. The second-order valence-electron chi connectivity index (χ2n) is 4.13. The molecule has 0 aliphatic carbocycles. The average molecular weight is 181 g/mol. The summed E-state index contributed by atoms with van der Waals surface area (Å²) in [5.41, 5.74) is 1.87. The number of nitrogens with zero attached hydrogens (tertiary/aromatic N) is 1. The molecular formula is C9H15N3O. The standard InChI is InChI=1S/C9H15N3O/c1-9(2)7-6(4-5-10-9)11-12(3)8(7)13/h10-11H,4-5H2,1-3H3. The molecule has 2 N–H and O–H groups in total. The van der Waals surface area contributed by atoms with E-state index in [-0.39, 0.29) is 11.1 Å². The van der Waals surface area contributed by atoms with Gasteiger partial charge in [0.1, 0.15) is 0 Å². The first-order valence-corrected chi connectivity index (χ1v) is 4.56. The van der Waals surface area contributed by atoms with Crippen molar-refractivity contribution >= 4 is 0 Å². The van der Waals surface area contributed by atoms with Crippen LogP contribution in [0.1, 0.15) is 25.1 Å². The summed E-state index contributed by atoms with van der Waals surface area (Å²) in [6.45, 7) is 5.01. The van der Waals surface area contributed by atoms with Crippen molar-refractivity contribution in [1.82, 2.24) is 15.1 Å².